The van der Waals surface area contributed by atoms with Crippen molar-refractivity contribution >= 4 is 33.2 Å². The van der Waals surface area contributed by atoms with E-state index < -0.39 is 10.0 Å². The van der Waals surface area contributed by atoms with Gasteiger partial charge >= 0.3 is 0 Å². The van der Waals surface area contributed by atoms with Gasteiger partial charge in [0.2, 0.25) is 10.0 Å². The second-order valence-electron chi connectivity index (χ2n) is 6.81. The Hall–Kier alpha value is -1.80. The van der Waals surface area contributed by atoms with Crippen LogP contribution < -0.4 is 4.72 Å². The summed E-state index contributed by atoms with van der Waals surface area (Å²) in [6.07, 6.45) is 7.33. The molecule has 0 saturated heterocycles. The molecule has 1 aromatic carbocycles. The van der Waals surface area contributed by atoms with Crippen LogP contribution in [0.2, 0.25) is 0 Å². The first-order chi connectivity index (χ1) is 14.2. The van der Waals surface area contributed by atoms with Crippen molar-refractivity contribution in [2.45, 2.75) is 19.9 Å². The number of sulfonamides is 1. The molecule has 0 aromatic heterocycles. The van der Waals surface area contributed by atoms with Crippen molar-refractivity contribution in [1.29, 1.82) is 0 Å². The molecule has 1 aliphatic rings. The fourth-order valence-electron chi connectivity index (χ4n) is 3.11. The average Bonchev–Trinajstić information content (AvgIpc) is 2.72. The molecule has 30 heavy (non-hydrogen) atoms. The van der Waals surface area contributed by atoms with E-state index in [1.165, 1.54) is 19.2 Å². The van der Waals surface area contributed by atoms with E-state index in [1.807, 2.05) is 4.90 Å². The van der Waals surface area contributed by atoms with Crippen LogP contribution in [-0.4, -0.2) is 37.9 Å². The van der Waals surface area contributed by atoms with Crippen molar-refractivity contribution in [2.75, 3.05) is 19.5 Å². The number of aliphatic hydroxyl groups is 1. The molecule has 164 valence electrons. The lowest BCUT2D eigenvalue weighted by Crippen LogP contribution is -2.31. The summed E-state index contributed by atoms with van der Waals surface area (Å²) in [5.41, 5.74) is 1.25. The third kappa shape index (κ3) is 6.60. The number of hydrogen-bond donors (Lipinski definition) is 2. The lowest BCUT2D eigenvalue weighted by Gasteiger charge is -2.31. The monoisotopic (exact) mass is 474 g/mol. The third-order valence-corrected chi connectivity index (χ3v) is 6.39. The number of nitrogens with one attached hydrogen (secondary N) is 1. The van der Waals surface area contributed by atoms with Crippen LogP contribution >= 0.6 is 23.2 Å². The molecule has 0 spiro atoms. The van der Waals surface area contributed by atoms with Gasteiger partial charge in [-0.05, 0) is 56.2 Å². The van der Waals surface area contributed by atoms with Crippen LogP contribution in [0.3, 0.4) is 0 Å². The van der Waals surface area contributed by atoms with Crippen LogP contribution in [0.4, 0.5) is 4.39 Å². The zero-order chi connectivity index (χ0) is 22.3. The summed E-state index contributed by atoms with van der Waals surface area (Å²) in [7, 11) is -2.20. The Labute approximate surface area is 187 Å². The number of rotatable bonds is 9. The molecule has 1 aliphatic carbocycles. The quantitative estimate of drug-likeness (QED) is 0.306. The van der Waals surface area contributed by atoms with Crippen molar-refractivity contribution < 1.29 is 17.9 Å². The van der Waals surface area contributed by atoms with Crippen LogP contribution in [0.5, 0.6) is 0 Å². The Bertz CT molecular complexity index is 966. The Morgan fingerprint density at radius 2 is 2.03 bits per heavy atom. The van der Waals surface area contributed by atoms with Crippen molar-refractivity contribution in [1.82, 2.24) is 9.62 Å². The van der Waals surface area contributed by atoms with Crippen molar-refractivity contribution in [3.05, 3.63) is 81.3 Å². The van der Waals surface area contributed by atoms with Gasteiger partial charge < -0.3 is 10.0 Å². The third-order valence-electron chi connectivity index (χ3n) is 4.62. The van der Waals surface area contributed by atoms with Crippen LogP contribution in [0.1, 0.15) is 18.9 Å². The molecule has 9 heteroatoms. The summed E-state index contributed by atoms with van der Waals surface area (Å²) < 4.78 is 40.0. The molecule has 1 atom stereocenters. The summed E-state index contributed by atoms with van der Waals surface area (Å²) in [6, 6.07) is 6.04. The largest absolute Gasteiger partial charge is 0.505 e. The van der Waals surface area contributed by atoms with Crippen LogP contribution in [0, 0.1) is 11.7 Å². The predicted molar refractivity (Wildman–Crippen MR) is 120 cm³/mol. The van der Waals surface area contributed by atoms with Crippen molar-refractivity contribution in [3.8, 4) is 0 Å². The van der Waals surface area contributed by atoms with Gasteiger partial charge in [0.25, 0.3) is 0 Å². The number of nitrogens with zero attached hydrogens (tertiary/aromatic N) is 1. The molecule has 0 bridgehead atoms. The molecule has 0 heterocycles. The average molecular weight is 475 g/mol. The van der Waals surface area contributed by atoms with Gasteiger partial charge in [-0.3, -0.25) is 0 Å². The first-order valence-corrected chi connectivity index (χ1v) is 11.7. The minimum Gasteiger partial charge on any atom is -0.505 e. The number of alkyl halides is 1. The standard InChI is InChI=1S/C21H25Cl2FN2O3S/c1-15(23)21(27)20(10-11-22)26(13-16-6-8-18(24)9-7-16)14-17-4-3-5-19(12-17)30(28,29)25-2/h3,5-10,12,17,25,27H,4,11,13-14H2,1-2H3/b20-10+,21-15-. The molecule has 0 saturated carbocycles. The molecule has 0 aliphatic heterocycles. The summed E-state index contributed by atoms with van der Waals surface area (Å²) >= 11 is 11.9. The van der Waals surface area contributed by atoms with Gasteiger partial charge in [-0.15, -0.1) is 11.6 Å². The maximum atomic E-state index is 13.3. The van der Waals surface area contributed by atoms with Crippen molar-refractivity contribution in [2.24, 2.45) is 5.92 Å². The SMILES string of the molecule is CNS(=O)(=O)C1=CC(CN(Cc2ccc(F)cc2)C(=C/CCl)/C(O)=C(\C)Cl)CC=C1. The fraction of sp³-hybridized carbons (Fsp3) is 0.333. The van der Waals surface area contributed by atoms with Crippen LogP contribution in [0.15, 0.2) is 70.0 Å². The highest BCUT2D eigenvalue weighted by Crippen LogP contribution is 2.27. The number of benzene rings is 1. The first-order valence-electron chi connectivity index (χ1n) is 9.31. The summed E-state index contributed by atoms with van der Waals surface area (Å²) in [5, 5.41) is 10.7. The molecule has 5 nitrogen and oxygen atoms in total. The smallest absolute Gasteiger partial charge is 0.239 e. The molecular weight excluding hydrogens is 450 g/mol. The minimum absolute atomic E-state index is 0.113. The van der Waals surface area contributed by atoms with Crippen LogP contribution in [0.25, 0.3) is 0 Å². The van der Waals surface area contributed by atoms with E-state index in [0.717, 1.165) is 5.56 Å². The summed E-state index contributed by atoms with van der Waals surface area (Å²) in [6.45, 7) is 2.30. The van der Waals surface area contributed by atoms with Gasteiger partial charge in [0.1, 0.15) is 5.82 Å². The molecule has 2 N–H and O–H groups in total. The van der Waals surface area contributed by atoms with Gasteiger partial charge in [0.15, 0.2) is 5.76 Å². The highest BCUT2D eigenvalue weighted by Gasteiger charge is 2.23. The van der Waals surface area contributed by atoms with E-state index in [2.05, 4.69) is 4.72 Å². The molecule has 1 unspecified atom stereocenters. The minimum atomic E-state index is -3.57. The zero-order valence-corrected chi connectivity index (χ0v) is 19.1. The maximum Gasteiger partial charge on any atom is 0.239 e. The Kier molecular flexibility index (Phi) is 8.97. The maximum absolute atomic E-state index is 13.3. The van der Waals surface area contributed by atoms with E-state index in [-0.39, 0.29) is 33.3 Å². The second-order valence-corrected chi connectivity index (χ2v) is 9.57. The van der Waals surface area contributed by atoms with E-state index in [1.54, 1.807) is 43.4 Å². The summed E-state index contributed by atoms with van der Waals surface area (Å²) in [5.74, 6) is -0.458. The number of aliphatic hydroxyl groups excluding tert-OH is 1. The van der Waals surface area contributed by atoms with Gasteiger partial charge in [0, 0.05) is 19.0 Å². The van der Waals surface area contributed by atoms with E-state index in [0.29, 0.717) is 25.2 Å². The Morgan fingerprint density at radius 1 is 1.37 bits per heavy atom. The molecular formula is C21H25Cl2FN2O3S. The fourth-order valence-corrected chi connectivity index (χ4v) is 4.23. The van der Waals surface area contributed by atoms with Gasteiger partial charge in [0.05, 0.1) is 15.6 Å². The van der Waals surface area contributed by atoms with E-state index >= 15 is 0 Å². The highest BCUT2D eigenvalue weighted by atomic mass is 35.5. The molecule has 0 fully saturated rings. The predicted octanol–water partition coefficient (Wildman–Crippen LogP) is 4.79. The Balaban J connectivity index is 2.40. The number of halogens is 3. The summed E-state index contributed by atoms with van der Waals surface area (Å²) in [4.78, 5) is 2.06. The normalized spacial score (nSPS) is 18.1. The lowest BCUT2D eigenvalue weighted by atomic mass is 9.99. The number of hydrogen-bond acceptors (Lipinski definition) is 4. The number of allylic oxidation sites excluding steroid dienone is 4. The molecule has 2 rings (SSSR count). The van der Waals surface area contributed by atoms with Gasteiger partial charge in [-0.25, -0.2) is 17.5 Å². The second kappa shape index (κ2) is 11.0. The van der Waals surface area contributed by atoms with Gasteiger partial charge in [-0.1, -0.05) is 35.9 Å². The lowest BCUT2D eigenvalue weighted by molar-refractivity contribution is 0.273. The molecule has 1 aromatic rings. The van der Waals surface area contributed by atoms with Crippen molar-refractivity contribution in [3.63, 3.8) is 0 Å². The Morgan fingerprint density at radius 3 is 2.60 bits per heavy atom. The van der Waals surface area contributed by atoms with E-state index in [4.69, 9.17) is 23.2 Å². The first kappa shape index (κ1) is 24.5. The molecule has 0 amide bonds. The van der Waals surface area contributed by atoms with E-state index in [9.17, 15) is 17.9 Å². The highest BCUT2D eigenvalue weighted by molar-refractivity contribution is 7.93. The van der Waals surface area contributed by atoms with Gasteiger partial charge in [-0.2, -0.15) is 0 Å². The van der Waals surface area contributed by atoms with Crippen LogP contribution in [-0.2, 0) is 16.6 Å². The zero-order valence-electron chi connectivity index (χ0n) is 16.8. The molecule has 0 radical (unpaired) electrons. The topological polar surface area (TPSA) is 69.6 Å².